The molecule has 25 heavy (non-hydrogen) atoms. The highest BCUT2D eigenvalue weighted by molar-refractivity contribution is 6.30. The van der Waals surface area contributed by atoms with Gasteiger partial charge in [-0.3, -0.25) is 15.1 Å². The maximum atomic E-state index is 11.1. The molecule has 1 N–H and O–H groups in total. The van der Waals surface area contributed by atoms with E-state index >= 15 is 0 Å². The molecule has 6 nitrogen and oxygen atoms in total. The predicted molar refractivity (Wildman–Crippen MR) is 98.8 cm³/mol. The molecule has 3 aromatic rings. The minimum Gasteiger partial charge on any atom is -0.334 e. The van der Waals surface area contributed by atoms with Crippen molar-refractivity contribution in [3.05, 3.63) is 87.3 Å². The summed E-state index contributed by atoms with van der Waals surface area (Å²) in [4.78, 5) is 18.7. The van der Waals surface area contributed by atoms with Crippen molar-refractivity contribution in [2.24, 2.45) is 0 Å². The van der Waals surface area contributed by atoms with Crippen LogP contribution in [0.2, 0.25) is 5.02 Å². The number of nitrogens with one attached hydrogen (secondary N) is 1. The van der Waals surface area contributed by atoms with Gasteiger partial charge < -0.3 is 5.32 Å². The molecule has 0 unspecified atom stereocenters. The first-order valence-electron chi connectivity index (χ1n) is 7.37. The quantitative estimate of drug-likeness (QED) is 0.519. The summed E-state index contributed by atoms with van der Waals surface area (Å²) in [6.45, 7) is 0. The van der Waals surface area contributed by atoms with Crippen LogP contribution in [0.5, 0.6) is 0 Å². The maximum absolute atomic E-state index is 11.1. The van der Waals surface area contributed by atoms with E-state index in [0.717, 1.165) is 11.1 Å². The molecular weight excluding hydrogens is 340 g/mol. The van der Waals surface area contributed by atoms with Gasteiger partial charge >= 0.3 is 5.69 Å². The van der Waals surface area contributed by atoms with Crippen LogP contribution in [0.15, 0.2) is 61.1 Å². The molecule has 2 heterocycles. The van der Waals surface area contributed by atoms with Gasteiger partial charge in [0.1, 0.15) is 0 Å². The van der Waals surface area contributed by atoms with Gasteiger partial charge in [-0.2, -0.15) is 0 Å². The largest absolute Gasteiger partial charge is 0.334 e. The first-order chi connectivity index (χ1) is 12.1. The standard InChI is InChI=1S/C18H13ClN4O2/c19-15-9-14(11-20-12-15)7-6-13-3-1-4-16(10-13)22-18-17(23(24)25)5-2-8-21-18/h1-12H,(H,21,22)/b7-6+. The first-order valence-corrected chi connectivity index (χ1v) is 7.75. The molecule has 0 saturated heterocycles. The van der Waals surface area contributed by atoms with Crippen LogP contribution >= 0.6 is 11.6 Å². The second kappa shape index (κ2) is 7.55. The lowest BCUT2D eigenvalue weighted by Gasteiger charge is -2.06. The molecular formula is C18H13ClN4O2. The molecule has 0 aliphatic carbocycles. The highest BCUT2D eigenvalue weighted by atomic mass is 35.5. The highest BCUT2D eigenvalue weighted by Crippen LogP contribution is 2.25. The number of aromatic nitrogens is 2. The number of pyridine rings is 2. The molecule has 1 aromatic carbocycles. The first kappa shape index (κ1) is 16.6. The molecule has 0 saturated carbocycles. The normalized spacial score (nSPS) is 10.8. The molecule has 0 atom stereocenters. The third-order valence-corrected chi connectivity index (χ3v) is 3.53. The van der Waals surface area contributed by atoms with Crippen LogP contribution in [0.25, 0.3) is 12.2 Å². The van der Waals surface area contributed by atoms with Gasteiger partial charge in [-0.1, -0.05) is 35.9 Å². The number of hydrogen-bond donors (Lipinski definition) is 1. The number of hydrogen-bond acceptors (Lipinski definition) is 5. The summed E-state index contributed by atoms with van der Waals surface area (Å²) in [6, 6.07) is 12.2. The molecule has 7 heteroatoms. The van der Waals surface area contributed by atoms with Crippen LogP contribution in [-0.2, 0) is 0 Å². The summed E-state index contributed by atoms with van der Waals surface area (Å²) in [5.41, 5.74) is 2.43. The van der Waals surface area contributed by atoms with Crippen molar-refractivity contribution in [2.45, 2.75) is 0 Å². The van der Waals surface area contributed by atoms with Gasteiger partial charge in [-0.05, 0) is 35.4 Å². The fourth-order valence-electron chi connectivity index (χ4n) is 2.21. The van der Waals surface area contributed by atoms with Gasteiger partial charge in [-0.15, -0.1) is 0 Å². The summed E-state index contributed by atoms with van der Waals surface area (Å²) >= 11 is 5.91. The highest BCUT2D eigenvalue weighted by Gasteiger charge is 2.13. The molecule has 0 bridgehead atoms. The fourth-order valence-corrected chi connectivity index (χ4v) is 2.39. The number of halogens is 1. The average Bonchev–Trinajstić information content (AvgIpc) is 2.61. The van der Waals surface area contributed by atoms with Crippen LogP contribution < -0.4 is 5.32 Å². The second-order valence-electron chi connectivity index (χ2n) is 5.15. The molecule has 3 rings (SSSR count). The van der Waals surface area contributed by atoms with Crippen LogP contribution in [0, 0.1) is 10.1 Å². The third-order valence-electron chi connectivity index (χ3n) is 3.33. The van der Waals surface area contributed by atoms with Crippen molar-refractivity contribution in [3.8, 4) is 0 Å². The summed E-state index contributed by atoms with van der Waals surface area (Å²) in [5, 5.41) is 14.6. The Morgan fingerprint density at radius 3 is 2.72 bits per heavy atom. The van der Waals surface area contributed by atoms with E-state index in [1.54, 1.807) is 12.4 Å². The zero-order valence-electron chi connectivity index (χ0n) is 13.0. The lowest BCUT2D eigenvalue weighted by molar-refractivity contribution is -0.384. The van der Waals surface area contributed by atoms with E-state index in [2.05, 4.69) is 15.3 Å². The van der Waals surface area contributed by atoms with E-state index < -0.39 is 4.92 Å². The van der Waals surface area contributed by atoms with Crippen molar-refractivity contribution in [1.82, 2.24) is 9.97 Å². The third kappa shape index (κ3) is 4.39. The summed E-state index contributed by atoms with van der Waals surface area (Å²) < 4.78 is 0. The van der Waals surface area contributed by atoms with Crippen molar-refractivity contribution in [2.75, 3.05) is 5.32 Å². The number of anilines is 2. The van der Waals surface area contributed by atoms with Crippen molar-refractivity contribution in [3.63, 3.8) is 0 Å². The zero-order valence-corrected chi connectivity index (χ0v) is 13.7. The molecule has 0 spiro atoms. The monoisotopic (exact) mass is 352 g/mol. The van der Waals surface area contributed by atoms with Crippen LogP contribution in [0.1, 0.15) is 11.1 Å². The van der Waals surface area contributed by atoms with E-state index in [1.165, 1.54) is 18.3 Å². The van der Waals surface area contributed by atoms with Gasteiger partial charge in [0.15, 0.2) is 0 Å². The minimum absolute atomic E-state index is 0.0755. The van der Waals surface area contributed by atoms with E-state index in [-0.39, 0.29) is 11.5 Å². The van der Waals surface area contributed by atoms with E-state index in [0.29, 0.717) is 10.7 Å². The summed E-state index contributed by atoms with van der Waals surface area (Å²) in [5.74, 6) is 0.202. The Kier molecular flexibility index (Phi) is 5.01. The molecule has 0 fully saturated rings. The predicted octanol–water partition coefficient (Wildman–Crippen LogP) is 4.95. The van der Waals surface area contributed by atoms with E-state index in [9.17, 15) is 10.1 Å². The summed E-state index contributed by atoms with van der Waals surface area (Å²) in [6.07, 6.45) is 8.59. The molecule has 0 amide bonds. The average molecular weight is 353 g/mol. The Morgan fingerprint density at radius 2 is 1.92 bits per heavy atom. The Balaban J connectivity index is 1.82. The molecule has 124 valence electrons. The van der Waals surface area contributed by atoms with Gasteiger partial charge in [0.2, 0.25) is 5.82 Å². The Morgan fingerprint density at radius 1 is 1.08 bits per heavy atom. The van der Waals surface area contributed by atoms with Gasteiger partial charge in [0, 0.05) is 30.3 Å². The van der Waals surface area contributed by atoms with E-state index in [4.69, 9.17) is 11.6 Å². The van der Waals surface area contributed by atoms with Crippen LogP contribution in [0.3, 0.4) is 0 Å². The Hall–Kier alpha value is -3.25. The van der Waals surface area contributed by atoms with Crippen molar-refractivity contribution in [1.29, 1.82) is 0 Å². The number of nitro groups is 1. The molecule has 0 aliphatic rings. The molecule has 0 aliphatic heterocycles. The van der Waals surface area contributed by atoms with Crippen LogP contribution in [-0.4, -0.2) is 14.9 Å². The summed E-state index contributed by atoms with van der Waals surface area (Å²) in [7, 11) is 0. The Bertz CT molecular complexity index is 944. The lowest BCUT2D eigenvalue weighted by Crippen LogP contribution is -1.99. The topological polar surface area (TPSA) is 81.0 Å². The van der Waals surface area contributed by atoms with E-state index in [1.807, 2.05) is 42.5 Å². The smallest absolute Gasteiger partial charge is 0.311 e. The molecule has 0 radical (unpaired) electrons. The number of benzene rings is 1. The number of nitrogens with zero attached hydrogens (tertiary/aromatic N) is 3. The zero-order chi connectivity index (χ0) is 17.6. The lowest BCUT2D eigenvalue weighted by atomic mass is 10.1. The van der Waals surface area contributed by atoms with Crippen molar-refractivity contribution >= 4 is 40.9 Å². The number of rotatable bonds is 5. The van der Waals surface area contributed by atoms with Crippen LogP contribution in [0.4, 0.5) is 17.2 Å². The molecule has 2 aromatic heterocycles. The van der Waals surface area contributed by atoms with Gasteiger partial charge in [0.05, 0.1) is 9.95 Å². The van der Waals surface area contributed by atoms with Gasteiger partial charge in [0.25, 0.3) is 0 Å². The maximum Gasteiger partial charge on any atom is 0.311 e. The van der Waals surface area contributed by atoms with Gasteiger partial charge in [-0.25, -0.2) is 4.98 Å². The fraction of sp³-hybridized carbons (Fsp3) is 0. The SMILES string of the molecule is O=[N+]([O-])c1cccnc1Nc1cccc(/C=C/c2cncc(Cl)c2)c1. The minimum atomic E-state index is -0.467. The Labute approximate surface area is 149 Å². The second-order valence-corrected chi connectivity index (χ2v) is 5.58. The van der Waals surface area contributed by atoms with Crippen molar-refractivity contribution < 1.29 is 4.92 Å².